The molecule has 1 heterocycles. The van der Waals surface area contributed by atoms with Crippen LogP contribution in [0, 0.1) is 5.92 Å². The topological polar surface area (TPSA) is 44.2 Å². The van der Waals surface area contributed by atoms with Gasteiger partial charge >= 0.3 is 0 Å². The van der Waals surface area contributed by atoms with Gasteiger partial charge in [0, 0.05) is 5.56 Å². The molecule has 0 spiro atoms. The summed E-state index contributed by atoms with van der Waals surface area (Å²) in [7, 11) is 0. The monoisotopic (exact) mass is 498 g/mol. The summed E-state index contributed by atoms with van der Waals surface area (Å²) in [6, 6.07) is 9.77. The molecule has 1 unspecified atom stereocenters. The molecule has 1 aliphatic rings. The lowest BCUT2D eigenvalue weighted by Gasteiger charge is -2.14. The van der Waals surface area contributed by atoms with Gasteiger partial charge in [-0.2, -0.15) is 4.98 Å². The van der Waals surface area contributed by atoms with E-state index in [1.807, 2.05) is 30.3 Å². The molecule has 1 aliphatic carbocycles. The van der Waals surface area contributed by atoms with E-state index in [1.54, 1.807) is 6.20 Å². The van der Waals surface area contributed by atoms with Crippen LogP contribution in [0.5, 0.6) is 11.6 Å². The van der Waals surface area contributed by atoms with Crippen LogP contribution in [0.25, 0.3) is 11.4 Å². The predicted molar refractivity (Wildman–Crippen MR) is 146 cm³/mol. The van der Waals surface area contributed by atoms with Crippen LogP contribution in [0.15, 0.2) is 36.5 Å². The Morgan fingerprint density at radius 3 is 2.39 bits per heavy atom. The van der Waals surface area contributed by atoms with Crippen LogP contribution in [0.3, 0.4) is 0 Å². The Morgan fingerprint density at radius 1 is 0.889 bits per heavy atom. The zero-order chi connectivity index (χ0) is 25.3. The van der Waals surface area contributed by atoms with Gasteiger partial charge in [0.05, 0.1) is 12.8 Å². The third-order valence-electron chi connectivity index (χ3n) is 7.27. The smallest absolute Gasteiger partial charge is 0.260 e. The van der Waals surface area contributed by atoms with Crippen molar-refractivity contribution in [3.63, 3.8) is 0 Å². The van der Waals surface area contributed by atoms with Gasteiger partial charge in [-0.05, 0) is 18.8 Å². The Hall–Kier alpha value is -2.17. The summed E-state index contributed by atoms with van der Waals surface area (Å²) in [6.07, 6.45) is 20.2. The third-order valence-corrected chi connectivity index (χ3v) is 7.27. The molecule has 1 atom stereocenters. The first-order chi connectivity index (χ1) is 17.8. The van der Waals surface area contributed by atoms with Crippen molar-refractivity contribution in [1.29, 1.82) is 0 Å². The van der Waals surface area contributed by atoms with Crippen molar-refractivity contribution in [1.82, 2.24) is 9.97 Å². The van der Waals surface area contributed by atoms with Crippen LogP contribution in [-0.2, 0) is 0 Å². The Morgan fingerprint density at radius 2 is 1.61 bits per heavy atom. The number of alkyl halides is 1. The molecule has 1 aromatic carbocycles. The molecule has 0 N–H and O–H groups in total. The molecule has 1 saturated carbocycles. The van der Waals surface area contributed by atoms with Gasteiger partial charge in [0.15, 0.2) is 11.6 Å². The van der Waals surface area contributed by atoms with E-state index in [0.29, 0.717) is 30.5 Å². The number of aromatic nitrogens is 2. The number of ether oxygens (including phenoxy) is 2. The van der Waals surface area contributed by atoms with Gasteiger partial charge < -0.3 is 9.47 Å². The third kappa shape index (κ3) is 10.8. The normalized spacial score (nSPS) is 14.7. The second kappa shape index (κ2) is 17.3. The highest BCUT2D eigenvalue weighted by atomic mass is 19.1. The number of unbranched alkanes of at least 4 members (excludes halogenated alkanes) is 8. The average Bonchev–Trinajstić information content (AvgIpc) is 3.43. The Bertz CT molecular complexity index is 827. The van der Waals surface area contributed by atoms with Crippen LogP contribution in [0.1, 0.15) is 110 Å². The number of hydrogen-bond donors (Lipinski definition) is 0. The van der Waals surface area contributed by atoms with Crippen molar-refractivity contribution in [2.45, 2.75) is 116 Å². The fourth-order valence-electron chi connectivity index (χ4n) is 5.05. The Labute approximate surface area is 218 Å². The molecular weight excluding hydrogens is 451 g/mol. The van der Waals surface area contributed by atoms with Crippen molar-refractivity contribution in [2.75, 3.05) is 13.2 Å². The molecule has 36 heavy (non-hydrogen) atoms. The minimum Gasteiger partial charge on any atom is -0.487 e. The molecule has 0 saturated heterocycles. The molecule has 3 rings (SSSR count). The Balaban J connectivity index is 1.41. The lowest BCUT2D eigenvalue weighted by Crippen LogP contribution is -2.14. The molecule has 1 aromatic heterocycles. The van der Waals surface area contributed by atoms with E-state index >= 15 is 0 Å². The molecule has 200 valence electrons. The number of rotatable bonds is 19. The van der Waals surface area contributed by atoms with Crippen molar-refractivity contribution in [3.8, 4) is 23.0 Å². The number of nitrogens with zero attached hydrogens (tertiary/aromatic N) is 2. The number of benzene rings is 1. The van der Waals surface area contributed by atoms with E-state index in [9.17, 15) is 4.39 Å². The van der Waals surface area contributed by atoms with Gasteiger partial charge in [-0.25, -0.2) is 9.37 Å². The van der Waals surface area contributed by atoms with Crippen LogP contribution in [0.2, 0.25) is 0 Å². The molecule has 1 fully saturated rings. The van der Waals surface area contributed by atoms with Gasteiger partial charge in [-0.15, -0.1) is 0 Å². The standard InChI is InChI=1S/C31H47FN2O2/c1-2-3-4-13-22-28(32)25-36-31-29(24-33-30(34-31)27-20-11-9-12-21-27)35-23-16-8-6-5-7-10-17-26-18-14-15-19-26/h9,11-12,20-21,24,26,28H,2-8,10,13-19,22-23,25H2,1H3. The van der Waals surface area contributed by atoms with Crippen molar-refractivity contribution in [2.24, 2.45) is 5.92 Å². The highest BCUT2D eigenvalue weighted by Gasteiger charge is 2.15. The average molecular weight is 499 g/mol. The van der Waals surface area contributed by atoms with Gasteiger partial charge in [0.2, 0.25) is 0 Å². The highest BCUT2D eigenvalue weighted by Crippen LogP contribution is 2.30. The molecule has 0 amide bonds. The fourth-order valence-corrected chi connectivity index (χ4v) is 5.05. The SMILES string of the molecule is CCCCCCC(F)COc1nc(-c2ccccc2)ncc1OCCCCCCCCC1CCCC1. The summed E-state index contributed by atoms with van der Waals surface area (Å²) in [4.78, 5) is 9.06. The molecule has 2 aromatic rings. The molecule has 0 radical (unpaired) electrons. The van der Waals surface area contributed by atoms with E-state index < -0.39 is 6.17 Å². The van der Waals surface area contributed by atoms with Gasteiger partial charge in [0.25, 0.3) is 5.88 Å². The summed E-state index contributed by atoms with van der Waals surface area (Å²) in [5.74, 6) is 2.42. The van der Waals surface area contributed by atoms with Crippen molar-refractivity contribution in [3.05, 3.63) is 36.5 Å². The summed E-state index contributed by atoms with van der Waals surface area (Å²) >= 11 is 0. The maximum Gasteiger partial charge on any atom is 0.260 e. The maximum absolute atomic E-state index is 14.4. The van der Waals surface area contributed by atoms with Gasteiger partial charge in [-0.1, -0.05) is 127 Å². The van der Waals surface area contributed by atoms with E-state index in [-0.39, 0.29) is 6.61 Å². The van der Waals surface area contributed by atoms with Crippen LogP contribution in [-0.4, -0.2) is 29.4 Å². The van der Waals surface area contributed by atoms with E-state index in [1.165, 1.54) is 57.8 Å². The lowest BCUT2D eigenvalue weighted by atomic mass is 9.99. The summed E-state index contributed by atoms with van der Waals surface area (Å²) in [5, 5.41) is 0. The predicted octanol–water partition coefficient (Wildman–Crippen LogP) is 9.13. The second-order valence-electron chi connectivity index (χ2n) is 10.4. The van der Waals surface area contributed by atoms with Gasteiger partial charge in [0.1, 0.15) is 12.8 Å². The first-order valence-corrected chi connectivity index (χ1v) is 14.6. The zero-order valence-electron chi connectivity index (χ0n) is 22.4. The molecular formula is C31H47FN2O2. The van der Waals surface area contributed by atoms with Gasteiger partial charge in [-0.3, -0.25) is 0 Å². The number of hydrogen-bond acceptors (Lipinski definition) is 4. The number of halogens is 1. The summed E-state index contributed by atoms with van der Waals surface area (Å²) in [6.45, 7) is 2.76. The summed E-state index contributed by atoms with van der Waals surface area (Å²) < 4.78 is 26.3. The minimum absolute atomic E-state index is 0.00537. The first-order valence-electron chi connectivity index (χ1n) is 14.6. The quantitative estimate of drug-likeness (QED) is 0.181. The highest BCUT2D eigenvalue weighted by molar-refractivity contribution is 5.56. The largest absolute Gasteiger partial charge is 0.487 e. The molecule has 4 nitrogen and oxygen atoms in total. The first kappa shape index (κ1) is 28.4. The van der Waals surface area contributed by atoms with Crippen molar-refractivity contribution < 1.29 is 13.9 Å². The van der Waals surface area contributed by atoms with E-state index in [4.69, 9.17) is 9.47 Å². The molecule has 0 bridgehead atoms. The van der Waals surface area contributed by atoms with Crippen molar-refractivity contribution >= 4 is 0 Å². The summed E-state index contributed by atoms with van der Waals surface area (Å²) in [5.41, 5.74) is 0.901. The second-order valence-corrected chi connectivity index (χ2v) is 10.4. The van der Waals surface area contributed by atoms with E-state index in [0.717, 1.165) is 50.0 Å². The van der Waals surface area contributed by atoms with E-state index in [2.05, 4.69) is 16.9 Å². The zero-order valence-corrected chi connectivity index (χ0v) is 22.4. The van der Waals surface area contributed by atoms with Crippen LogP contribution in [0.4, 0.5) is 4.39 Å². The maximum atomic E-state index is 14.4. The minimum atomic E-state index is -1.00. The fraction of sp³-hybridized carbons (Fsp3) is 0.677. The molecule has 0 aliphatic heterocycles. The lowest BCUT2D eigenvalue weighted by molar-refractivity contribution is 0.170. The molecule has 5 heteroatoms. The van der Waals surface area contributed by atoms with Crippen LogP contribution < -0.4 is 9.47 Å². The Kier molecular flexibility index (Phi) is 13.7. The van der Waals surface area contributed by atoms with Crippen LogP contribution >= 0.6 is 0 Å².